The number of anilines is 1. The summed E-state index contributed by atoms with van der Waals surface area (Å²) in [6, 6.07) is 13.4. The lowest BCUT2D eigenvalue weighted by molar-refractivity contribution is -0.121. The van der Waals surface area contributed by atoms with Crippen LogP contribution in [0.3, 0.4) is 0 Å². The van der Waals surface area contributed by atoms with Crippen LogP contribution in [0, 0.1) is 0 Å². The summed E-state index contributed by atoms with van der Waals surface area (Å²) in [5.41, 5.74) is 2.85. The van der Waals surface area contributed by atoms with Gasteiger partial charge in [-0.25, -0.2) is 0 Å². The number of pyridine rings is 1. The van der Waals surface area contributed by atoms with Gasteiger partial charge in [-0.15, -0.1) is 0 Å². The number of benzene rings is 2. The number of fused-ring (bicyclic) bond motifs is 2. The first-order chi connectivity index (χ1) is 17.0. The Bertz CT molecular complexity index is 1310. The van der Waals surface area contributed by atoms with E-state index >= 15 is 0 Å². The summed E-state index contributed by atoms with van der Waals surface area (Å²) in [6.07, 6.45) is 3.09. The third kappa shape index (κ3) is 4.05. The number of rotatable bonds is 4. The Morgan fingerprint density at radius 3 is 2.63 bits per heavy atom. The molecule has 0 bridgehead atoms. The molecule has 2 aromatic carbocycles. The van der Waals surface area contributed by atoms with E-state index in [-0.39, 0.29) is 30.8 Å². The Balaban J connectivity index is 1.44. The van der Waals surface area contributed by atoms with Crippen molar-refractivity contribution < 1.29 is 23.9 Å². The SMILES string of the molecule is COc1ccc(-c2ccc3c(c2)C(=O)N2CCN(C(=O)c4cccnc4)C[C@@H]2C(=O)N3)c(OC)c1. The van der Waals surface area contributed by atoms with Crippen molar-refractivity contribution in [2.24, 2.45) is 0 Å². The number of carbonyl (C=O) groups excluding carboxylic acids is 3. The van der Waals surface area contributed by atoms with Gasteiger partial charge in [-0.1, -0.05) is 6.07 Å². The van der Waals surface area contributed by atoms with E-state index in [1.54, 1.807) is 60.5 Å². The molecule has 3 amide bonds. The van der Waals surface area contributed by atoms with Gasteiger partial charge in [0, 0.05) is 37.1 Å². The maximum absolute atomic E-state index is 13.6. The molecule has 0 radical (unpaired) electrons. The fourth-order valence-corrected chi connectivity index (χ4v) is 4.51. The molecule has 5 rings (SSSR count). The van der Waals surface area contributed by atoms with Crippen LogP contribution in [0.1, 0.15) is 20.7 Å². The van der Waals surface area contributed by atoms with Gasteiger partial charge in [0.25, 0.3) is 11.8 Å². The number of amides is 3. The highest BCUT2D eigenvalue weighted by Gasteiger charge is 2.40. The molecule has 0 aliphatic carbocycles. The second-order valence-electron chi connectivity index (χ2n) is 8.32. The van der Waals surface area contributed by atoms with Crippen molar-refractivity contribution in [2.75, 3.05) is 39.2 Å². The number of nitrogens with one attached hydrogen (secondary N) is 1. The largest absolute Gasteiger partial charge is 0.497 e. The molecule has 1 fully saturated rings. The molecule has 9 heteroatoms. The molecule has 0 unspecified atom stereocenters. The molecule has 178 valence electrons. The van der Waals surface area contributed by atoms with Crippen molar-refractivity contribution in [3.05, 3.63) is 72.1 Å². The Labute approximate surface area is 202 Å². The van der Waals surface area contributed by atoms with E-state index in [1.807, 2.05) is 18.2 Å². The molecule has 0 saturated carbocycles. The molecule has 1 saturated heterocycles. The van der Waals surface area contributed by atoms with Crippen LogP contribution in [0.25, 0.3) is 11.1 Å². The Hall–Kier alpha value is -4.40. The van der Waals surface area contributed by atoms with Gasteiger partial charge in [-0.2, -0.15) is 0 Å². The summed E-state index contributed by atoms with van der Waals surface area (Å²) in [5, 5.41) is 2.87. The topological polar surface area (TPSA) is 101 Å². The van der Waals surface area contributed by atoms with E-state index in [2.05, 4.69) is 10.3 Å². The predicted octanol–water partition coefficient (Wildman–Crippen LogP) is 2.68. The second-order valence-corrected chi connectivity index (χ2v) is 8.32. The molecule has 1 aromatic heterocycles. The van der Waals surface area contributed by atoms with Crippen LogP contribution in [0.15, 0.2) is 60.9 Å². The molecule has 2 aliphatic heterocycles. The van der Waals surface area contributed by atoms with Crippen molar-refractivity contribution >= 4 is 23.4 Å². The van der Waals surface area contributed by atoms with Gasteiger partial charge in [0.15, 0.2) is 0 Å². The number of aromatic nitrogens is 1. The number of ether oxygens (including phenoxy) is 2. The zero-order valence-electron chi connectivity index (χ0n) is 19.4. The Morgan fingerprint density at radius 2 is 1.89 bits per heavy atom. The van der Waals surface area contributed by atoms with Gasteiger partial charge in [0.05, 0.1) is 37.6 Å². The van der Waals surface area contributed by atoms with E-state index in [0.29, 0.717) is 34.9 Å². The zero-order valence-corrected chi connectivity index (χ0v) is 19.4. The van der Waals surface area contributed by atoms with Gasteiger partial charge >= 0.3 is 0 Å². The number of piperazine rings is 1. The van der Waals surface area contributed by atoms with E-state index in [0.717, 1.165) is 11.1 Å². The van der Waals surface area contributed by atoms with Crippen LogP contribution in [0.4, 0.5) is 5.69 Å². The molecule has 3 aromatic rings. The maximum Gasteiger partial charge on any atom is 0.256 e. The number of carbonyl (C=O) groups is 3. The molecule has 0 spiro atoms. The summed E-state index contributed by atoms with van der Waals surface area (Å²) >= 11 is 0. The first-order valence-electron chi connectivity index (χ1n) is 11.2. The van der Waals surface area contributed by atoms with Gasteiger partial charge in [0.2, 0.25) is 5.91 Å². The van der Waals surface area contributed by atoms with Crippen molar-refractivity contribution in [3.63, 3.8) is 0 Å². The van der Waals surface area contributed by atoms with Crippen molar-refractivity contribution in [1.82, 2.24) is 14.8 Å². The first kappa shape index (κ1) is 22.4. The highest BCUT2D eigenvalue weighted by molar-refractivity contribution is 6.11. The lowest BCUT2D eigenvalue weighted by Crippen LogP contribution is -2.59. The van der Waals surface area contributed by atoms with Crippen LogP contribution < -0.4 is 14.8 Å². The predicted molar refractivity (Wildman–Crippen MR) is 129 cm³/mol. The lowest BCUT2D eigenvalue weighted by atomic mass is 10.00. The van der Waals surface area contributed by atoms with Crippen LogP contribution >= 0.6 is 0 Å². The third-order valence-corrected chi connectivity index (χ3v) is 6.37. The molecular formula is C26H24N4O5. The Kier molecular flexibility index (Phi) is 5.82. The average molecular weight is 473 g/mol. The van der Waals surface area contributed by atoms with Gasteiger partial charge in [-0.3, -0.25) is 19.4 Å². The monoisotopic (exact) mass is 472 g/mol. The van der Waals surface area contributed by atoms with Crippen molar-refractivity contribution in [1.29, 1.82) is 0 Å². The van der Waals surface area contributed by atoms with Gasteiger partial charge < -0.3 is 24.6 Å². The summed E-state index contributed by atoms with van der Waals surface area (Å²) < 4.78 is 10.8. The molecule has 9 nitrogen and oxygen atoms in total. The first-order valence-corrected chi connectivity index (χ1v) is 11.2. The van der Waals surface area contributed by atoms with Crippen molar-refractivity contribution in [2.45, 2.75) is 6.04 Å². The highest BCUT2D eigenvalue weighted by atomic mass is 16.5. The second kappa shape index (κ2) is 9.09. The van der Waals surface area contributed by atoms with Crippen LogP contribution in [-0.4, -0.2) is 72.4 Å². The molecule has 1 N–H and O–H groups in total. The molecular weight excluding hydrogens is 448 g/mol. The van der Waals surface area contributed by atoms with Crippen LogP contribution in [-0.2, 0) is 4.79 Å². The number of hydrogen-bond donors (Lipinski definition) is 1. The minimum Gasteiger partial charge on any atom is -0.497 e. The summed E-state index contributed by atoms with van der Waals surface area (Å²) in [5.74, 6) is 0.468. The Morgan fingerprint density at radius 1 is 1.03 bits per heavy atom. The molecule has 35 heavy (non-hydrogen) atoms. The fourth-order valence-electron chi connectivity index (χ4n) is 4.51. The number of methoxy groups -OCH3 is 2. The summed E-state index contributed by atoms with van der Waals surface area (Å²) in [4.78, 5) is 46.7. The summed E-state index contributed by atoms with van der Waals surface area (Å²) in [6.45, 7) is 0.682. The molecule has 1 atom stereocenters. The smallest absolute Gasteiger partial charge is 0.256 e. The van der Waals surface area contributed by atoms with Crippen LogP contribution in [0.5, 0.6) is 11.5 Å². The minimum atomic E-state index is -0.789. The number of nitrogens with zero attached hydrogens (tertiary/aromatic N) is 3. The summed E-state index contributed by atoms with van der Waals surface area (Å²) in [7, 11) is 3.16. The quantitative estimate of drug-likeness (QED) is 0.627. The van der Waals surface area contributed by atoms with Crippen LogP contribution in [0.2, 0.25) is 0 Å². The molecule has 3 heterocycles. The van der Waals surface area contributed by atoms with Gasteiger partial charge in [-0.05, 0) is 42.0 Å². The normalized spacial score (nSPS) is 17.1. The lowest BCUT2D eigenvalue weighted by Gasteiger charge is -2.39. The standard InChI is InChI=1S/C26H24N4O5/c1-34-18-6-7-19(23(13-18)35-2)16-5-8-21-20(12-16)26(33)30-11-10-29(15-22(30)24(31)28-21)25(32)17-4-3-9-27-14-17/h3-9,12-14,22H,10-11,15H2,1-2H3,(H,28,31)/t22-/m1/s1. The van der Waals surface area contributed by atoms with E-state index in [9.17, 15) is 14.4 Å². The molecule has 2 aliphatic rings. The van der Waals surface area contributed by atoms with E-state index in [1.165, 1.54) is 6.20 Å². The van der Waals surface area contributed by atoms with Crippen molar-refractivity contribution in [3.8, 4) is 22.6 Å². The van der Waals surface area contributed by atoms with E-state index in [4.69, 9.17) is 9.47 Å². The third-order valence-electron chi connectivity index (χ3n) is 6.37. The average Bonchev–Trinajstić information content (AvgIpc) is 3.01. The minimum absolute atomic E-state index is 0.110. The van der Waals surface area contributed by atoms with Gasteiger partial charge in [0.1, 0.15) is 17.5 Å². The fraction of sp³-hybridized carbons (Fsp3) is 0.231. The number of hydrogen-bond acceptors (Lipinski definition) is 6. The zero-order chi connectivity index (χ0) is 24.5. The van der Waals surface area contributed by atoms with E-state index < -0.39 is 6.04 Å². The highest BCUT2D eigenvalue weighted by Crippen LogP contribution is 2.36. The maximum atomic E-state index is 13.6.